The second-order valence-corrected chi connectivity index (χ2v) is 5.62. The average Bonchev–Trinajstić information content (AvgIpc) is 2.39. The van der Waals surface area contributed by atoms with E-state index in [1.807, 2.05) is 9.71 Å². The van der Waals surface area contributed by atoms with E-state index >= 15 is 0 Å². The second kappa shape index (κ2) is 5.40. The third-order valence-electron chi connectivity index (χ3n) is 2.47. The molecule has 12 heteroatoms. The molecule has 0 aliphatic heterocycles. The van der Waals surface area contributed by atoms with Crippen molar-refractivity contribution >= 4 is 21.4 Å². The van der Waals surface area contributed by atoms with Crippen LogP contribution in [0.25, 0.3) is 0 Å². The predicted molar refractivity (Wildman–Crippen MR) is 71.5 cm³/mol. The van der Waals surface area contributed by atoms with Crippen LogP contribution in [0.5, 0.6) is 0 Å². The number of aromatic nitrogens is 2. The molecule has 1 heterocycles. The number of halogens is 1. The normalized spacial score (nSPS) is 11.1. The van der Waals surface area contributed by atoms with Crippen LogP contribution in [0.4, 0.5) is 15.8 Å². The van der Waals surface area contributed by atoms with Crippen LogP contribution < -0.4 is 16.0 Å². The number of rotatable bonds is 4. The highest BCUT2D eigenvalue weighted by Crippen LogP contribution is 2.23. The van der Waals surface area contributed by atoms with Crippen LogP contribution >= 0.6 is 0 Å². The molecule has 0 bridgehead atoms. The van der Waals surface area contributed by atoms with E-state index in [0.717, 1.165) is 6.07 Å². The molecule has 0 aliphatic carbocycles. The summed E-state index contributed by atoms with van der Waals surface area (Å²) in [4.78, 5) is 34.7. The van der Waals surface area contributed by atoms with Crippen molar-refractivity contribution in [3.8, 4) is 0 Å². The van der Waals surface area contributed by atoms with Crippen LogP contribution in [-0.2, 0) is 10.0 Å². The quantitative estimate of drug-likeness (QED) is 0.525. The Balaban J connectivity index is 2.45. The minimum absolute atomic E-state index is 0.321. The minimum atomic E-state index is -4.43. The van der Waals surface area contributed by atoms with E-state index in [2.05, 4.69) is 0 Å². The van der Waals surface area contributed by atoms with Gasteiger partial charge in [0, 0.05) is 12.3 Å². The Bertz CT molecular complexity index is 964. The van der Waals surface area contributed by atoms with Crippen molar-refractivity contribution in [2.75, 3.05) is 4.72 Å². The molecule has 3 N–H and O–H groups in total. The van der Waals surface area contributed by atoms with Crippen LogP contribution in [0.3, 0.4) is 0 Å². The molecule has 0 atom stereocenters. The second-order valence-electron chi connectivity index (χ2n) is 3.96. The summed E-state index contributed by atoms with van der Waals surface area (Å²) in [6.07, 6.45) is 0.668. The Labute approximate surface area is 120 Å². The Morgan fingerprint density at radius 2 is 1.95 bits per heavy atom. The third kappa shape index (κ3) is 3.01. The van der Waals surface area contributed by atoms with E-state index in [1.165, 1.54) is 0 Å². The minimum Gasteiger partial charge on any atom is -0.313 e. The summed E-state index contributed by atoms with van der Waals surface area (Å²) in [6, 6.07) is 2.31. The van der Waals surface area contributed by atoms with Gasteiger partial charge in [0.2, 0.25) is 5.82 Å². The van der Waals surface area contributed by atoms with Crippen molar-refractivity contribution in [1.82, 2.24) is 9.97 Å². The number of aromatic amines is 2. The maximum atomic E-state index is 13.2. The zero-order valence-corrected chi connectivity index (χ0v) is 11.3. The van der Waals surface area contributed by atoms with Gasteiger partial charge in [-0.1, -0.05) is 0 Å². The molecule has 0 amide bonds. The molecule has 0 unspecified atom stereocenters. The standard InChI is InChI=1S/C10H7FN4O6S/c11-6-2-1-5(3-7(6)15(18)19)14-22(20,21)8-4-12-10(17)13-9(8)16/h1-4,14H,(H2,12,13,16,17). The molecule has 0 spiro atoms. The molecule has 0 saturated carbocycles. The molecule has 10 nitrogen and oxygen atoms in total. The van der Waals surface area contributed by atoms with Crippen LogP contribution in [-0.4, -0.2) is 23.3 Å². The monoisotopic (exact) mass is 330 g/mol. The van der Waals surface area contributed by atoms with Crippen LogP contribution in [0.2, 0.25) is 0 Å². The van der Waals surface area contributed by atoms with Gasteiger partial charge in [-0.2, -0.15) is 4.39 Å². The highest BCUT2D eigenvalue weighted by Gasteiger charge is 2.21. The van der Waals surface area contributed by atoms with Gasteiger partial charge in [0.15, 0.2) is 4.90 Å². The number of nitrogens with one attached hydrogen (secondary N) is 3. The molecular weight excluding hydrogens is 323 g/mol. The molecule has 2 aromatic rings. The first-order chi connectivity index (χ1) is 10.2. The third-order valence-corrected chi connectivity index (χ3v) is 3.86. The number of benzene rings is 1. The number of nitro groups is 1. The molecule has 22 heavy (non-hydrogen) atoms. The highest BCUT2D eigenvalue weighted by molar-refractivity contribution is 7.92. The molecule has 2 rings (SSSR count). The van der Waals surface area contributed by atoms with Gasteiger partial charge in [-0.05, 0) is 12.1 Å². The zero-order valence-electron chi connectivity index (χ0n) is 10.5. The highest BCUT2D eigenvalue weighted by atomic mass is 32.2. The van der Waals surface area contributed by atoms with Crippen molar-refractivity contribution < 1.29 is 17.7 Å². The number of H-pyrrole nitrogens is 2. The van der Waals surface area contributed by atoms with Crippen LogP contribution in [0.15, 0.2) is 38.9 Å². The van der Waals surface area contributed by atoms with Gasteiger partial charge in [0.05, 0.1) is 10.6 Å². The molecule has 0 saturated heterocycles. The summed E-state index contributed by atoms with van der Waals surface area (Å²) in [5.74, 6) is -1.14. The van der Waals surface area contributed by atoms with Crippen molar-refractivity contribution in [3.63, 3.8) is 0 Å². The lowest BCUT2D eigenvalue weighted by molar-refractivity contribution is -0.387. The lowest BCUT2D eigenvalue weighted by atomic mass is 10.3. The Hall–Kier alpha value is -3.02. The van der Waals surface area contributed by atoms with E-state index in [9.17, 15) is 32.5 Å². The molecular formula is C10H7FN4O6S. The molecule has 0 fully saturated rings. The molecule has 1 aromatic carbocycles. The predicted octanol–water partition coefficient (Wildman–Crippen LogP) is -0.0887. The topological polar surface area (TPSA) is 155 Å². The summed E-state index contributed by atoms with van der Waals surface area (Å²) in [5.41, 5.74) is -3.33. The number of sulfonamides is 1. The number of nitrogens with zero attached hydrogens (tertiary/aromatic N) is 1. The van der Waals surface area contributed by atoms with E-state index in [1.54, 1.807) is 4.98 Å². The van der Waals surface area contributed by atoms with E-state index in [4.69, 9.17) is 0 Å². The summed E-state index contributed by atoms with van der Waals surface area (Å²) < 4.78 is 39.0. The molecule has 1 aromatic heterocycles. The maximum absolute atomic E-state index is 13.2. The van der Waals surface area contributed by atoms with Gasteiger partial charge in [0.25, 0.3) is 15.6 Å². The SMILES string of the molecule is O=c1[nH]cc(S(=O)(=O)Nc2ccc(F)c([N+](=O)[O-])c2)c(=O)[nH]1. The molecule has 0 aliphatic rings. The van der Waals surface area contributed by atoms with Gasteiger partial charge in [-0.15, -0.1) is 0 Å². The summed E-state index contributed by atoms with van der Waals surface area (Å²) in [6.45, 7) is 0. The Morgan fingerprint density at radius 1 is 1.27 bits per heavy atom. The van der Waals surface area contributed by atoms with Gasteiger partial charge < -0.3 is 4.98 Å². The fraction of sp³-hybridized carbons (Fsp3) is 0. The van der Waals surface area contributed by atoms with Crippen molar-refractivity contribution in [3.05, 3.63) is 61.2 Å². The lowest BCUT2D eigenvalue weighted by Gasteiger charge is -2.07. The van der Waals surface area contributed by atoms with Crippen LogP contribution in [0.1, 0.15) is 0 Å². The fourth-order valence-electron chi connectivity index (χ4n) is 1.52. The largest absolute Gasteiger partial charge is 0.325 e. The summed E-state index contributed by atoms with van der Waals surface area (Å²) >= 11 is 0. The average molecular weight is 330 g/mol. The Kier molecular flexibility index (Phi) is 3.77. The summed E-state index contributed by atoms with van der Waals surface area (Å²) in [7, 11) is -4.43. The summed E-state index contributed by atoms with van der Waals surface area (Å²) in [5, 5.41) is 10.6. The van der Waals surface area contributed by atoms with Crippen molar-refractivity contribution in [1.29, 1.82) is 0 Å². The number of nitro benzene ring substituents is 1. The first kappa shape index (κ1) is 15.4. The van der Waals surface area contributed by atoms with E-state index in [-0.39, 0.29) is 5.69 Å². The first-order valence-corrected chi connectivity index (χ1v) is 6.98. The van der Waals surface area contributed by atoms with Gasteiger partial charge in [-0.3, -0.25) is 24.6 Å². The Morgan fingerprint density at radius 3 is 2.55 bits per heavy atom. The van der Waals surface area contributed by atoms with Gasteiger partial charge in [0.1, 0.15) is 0 Å². The lowest BCUT2D eigenvalue weighted by Crippen LogP contribution is -2.29. The fourth-order valence-corrected chi connectivity index (χ4v) is 2.58. The van der Waals surface area contributed by atoms with E-state index < -0.39 is 42.6 Å². The maximum Gasteiger partial charge on any atom is 0.325 e. The first-order valence-electron chi connectivity index (χ1n) is 5.49. The van der Waals surface area contributed by atoms with E-state index in [0.29, 0.717) is 18.3 Å². The number of anilines is 1. The van der Waals surface area contributed by atoms with Gasteiger partial charge in [-0.25, -0.2) is 13.2 Å². The van der Waals surface area contributed by atoms with Crippen LogP contribution in [0, 0.1) is 15.9 Å². The van der Waals surface area contributed by atoms with Crippen molar-refractivity contribution in [2.24, 2.45) is 0 Å². The number of hydrogen-bond donors (Lipinski definition) is 3. The van der Waals surface area contributed by atoms with Crippen molar-refractivity contribution in [2.45, 2.75) is 4.90 Å². The van der Waals surface area contributed by atoms with Gasteiger partial charge >= 0.3 is 11.4 Å². The smallest absolute Gasteiger partial charge is 0.313 e. The number of hydrogen-bond acceptors (Lipinski definition) is 6. The zero-order chi connectivity index (χ0) is 16.5. The molecule has 0 radical (unpaired) electrons. The molecule has 116 valence electrons.